The molecule has 0 aromatic heterocycles. The molecule has 0 bridgehead atoms. The molecule has 0 N–H and O–H groups in total. The molecule has 0 spiro atoms. The molecule has 56 valence electrons. The van der Waals surface area contributed by atoms with Crippen LogP contribution in [0.15, 0.2) is 0 Å². The summed E-state index contributed by atoms with van der Waals surface area (Å²) in [5.41, 5.74) is 0. The van der Waals surface area contributed by atoms with Gasteiger partial charge in [0.1, 0.15) is 0 Å². The summed E-state index contributed by atoms with van der Waals surface area (Å²) in [5, 5.41) is 0. The molecule has 0 atom stereocenters. The minimum absolute atomic E-state index is 0. The van der Waals surface area contributed by atoms with Gasteiger partial charge in [-0.15, -0.1) is 0 Å². The second kappa shape index (κ2) is 9.52. The molecule has 0 aliphatic carbocycles. The van der Waals surface area contributed by atoms with E-state index in [0.717, 1.165) is 26.2 Å². The zero-order valence-electron chi connectivity index (χ0n) is 7.39. The minimum Gasteiger partial charge on any atom is -0.383 e. The summed E-state index contributed by atoms with van der Waals surface area (Å²) in [6.45, 7) is 6.27. The Morgan fingerprint density at radius 3 is 2.30 bits per heavy atom. The van der Waals surface area contributed by atoms with E-state index in [2.05, 4.69) is 11.8 Å². The third-order valence-corrected chi connectivity index (χ3v) is 0.972. The van der Waals surface area contributed by atoms with Gasteiger partial charge in [-0.25, -0.2) is 0 Å². The van der Waals surface area contributed by atoms with Gasteiger partial charge in [-0.2, -0.15) is 6.42 Å². The van der Waals surface area contributed by atoms with Gasteiger partial charge in [0.15, 0.2) is 0 Å². The maximum atomic E-state index is 5.19. The molecule has 3 heteroatoms. The number of hydrogen-bond acceptors (Lipinski definition) is 2. The van der Waals surface area contributed by atoms with E-state index in [4.69, 9.17) is 4.74 Å². The second-order valence-electron chi connectivity index (χ2n) is 2.27. The molecule has 0 aliphatic heterocycles. The van der Waals surface area contributed by atoms with Crippen LogP contribution in [0, 0.1) is 6.92 Å². The van der Waals surface area contributed by atoms with Crippen LogP contribution in [0.1, 0.15) is 6.42 Å². The van der Waals surface area contributed by atoms with Gasteiger partial charge in [0.25, 0.3) is 0 Å². The summed E-state index contributed by atoms with van der Waals surface area (Å²) >= 11 is 0. The van der Waals surface area contributed by atoms with Crippen LogP contribution in [0.5, 0.6) is 0 Å². The summed E-state index contributed by atoms with van der Waals surface area (Å²) in [6.07, 6.45) is 0.868. The molecule has 0 saturated carbocycles. The molecule has 0 rings (SSSR count). The molecular formula is C7H16LiNO. The van der Waals surface area contributed by atoms with Crippen molar-refractivity contribution in [2.24, 2.45) is 0 Å². The van der Waals surface area contributed by atoms with Gasteiger partial charge in [-0.1, -0.05) is 0 Å². The molecule has 0 aromatic carbocycles. The first-order valence-electron chi connectivity index (χ1n) is 3.29. The average molecular weight is 137 g/mol. The van der Waals surface area contributed by atoms with Crippen LogP contribution < -0.4 is 18.9 Å². The van der Waals surface area contributed by atoms with Crippen LogP contribution in [0.2, 0.25) is 0 Å². The number of likely N-dealkylation sites (N-methyl/N-ethyl adjacent to an activating group) is 1. The van der Waals surface area contributed by atoms with Gasteiger partial charge >= 0.3 is 18.9 Å². The topological polar surface area (TPSA) is 12.5 Å². The largest absolute Gasteiger partial charge is 1.00 e. The molecular weight excluding hydrogens is 121 g/mol. The van der Waals surface area contributed by atoms with Crippen molar-refractivity contribution in [3.05, 3.63) is 6.92 Å². The SMILES string of the molecule is [CH2-]CCOCCN(C)C.[Li+]. The predicted octanol–water partition coefficient (Wildman–Crippen LogP) is -2.21. The van der Waals surface area contributed by atoms with E-state index in [-0.39, 0.29) is 18.9 Å². The molecule has 2 nitrogen and oxygen atoms in total. The zero-order chi connectivity index (χ0) is 7.11. The number of hydrogen-bond donors (Lipinski definition) is 0. The quantitative estimate of drug-likeness (QED) is 0.242. The predicted molar refractivity (Wildman–Crippen MR) is 39.3 cm³/mol. The maximum Gasteiger partial charge on any atom is 1.00 e. The summed E-state index contributed by atoms with van der Waals surface area (Å²) in [6, 6.07) is 0. The van der Waals surface area contributed by atoms with E-state index in [1.54, 1.807) is 0 Å². The third-order valence-electron chi connectivity index (χ3n) is 0.972. The fourth-order valence-electron chi connectivity index (χ4n) is 0.451. The van der Waals surface area contributed by atoms with E-state index < -0.39 is 0 Å². The Kier molecular flexibility index (Phi) is 12.5. The van der Waals surface area contributed by atoms with Gasteiger partial charge in [0.2, 0.25) is 0 Å². The van der Waals surface area contributed by atoms with Crippen molar-refractivity contribution >= 4 is 0 Å². The van der Waals surface area contributed by atoms with Crippen LogP contribution in [0.3, 0.4) is 0 Å². The van der Waals surface area contributed by atoms with Crippen LogP contribution in [-0.4, -0.2) is 38.8 Å². The van der Waals surface area contributed by atoms with Crippen LogP contribution in [0.4, 0.5) is 0 Å². The first-order chi connectivity index (χ1) is 4.27. The molecule has 0 unspecified atom stereocenters. The Labute approximate surface area is 76.1 Å². The van der Waals surface area contributed by atoms with Crippen LogP contribution >= 0.6 is 0 Å². The first kappa shape index (κ1) is 13.1. The van der Waals surface area contributed by atoms with Gasteiger partial charge in [-0.3, -0.25) is 0 Å². The fraction of sp³-hybridized carbons (Fsp3) is 0.857. The van der Waals surface area contributed by atoms with Crippen molar-refractivity contribution in [3.8, 4) is 0 Å². The van der Waals surface area contributed by atoms with Crippen molar-refractivity contribution in [1.29, 1.82) is 0 Å². The molecule has 0 radical (unpaired) electrons. The van der Waals surface area contributed by atoms with E-state index in [9.17, 15) is 0 Å². The molecule has 0 fully saturated rings. The second-order valence-corrected chi connectivity index (χ2v) is 2.27. The van der Waals surface area contributed by atoms with Crippen LogP contribution in [0.25, 0.3) is 0 Å². The molecule has 10 heavy (non-hydrogen) atoms. The van der Waals surface area contributed by atoms with Crippen molar-refractivity contribution < 1.29 is 23.6 Å². The first-order valence-corrected chi connectivity index (χ1v) is 3.29. The fourth-order valence-corrected chi connectivity index (χ4v) is 0.451. The van der Waals surface area contributed by atoms with E-state index >= 15 is 0 Å². The number of ether oxygens (including phenoxy) is 1. The molecule has 0 aliphatic rings. The Morgan fingerprint density at radius 1 is 1.30 bits per heavy atom. The van der Waals surface area contributed by atoms with E-state index in [1.165, 1.54) is 0 Å². The Balaban J connectivity index is 0. The average Bonchev–Trinajstić information content (AvgIpc) is 1.80. The van der Waals surface area contributed by atoms with Gasteiger partial charge in [0, 0.05) is 13.2 Å². The standard InChI is InChI=1S/C7H16NO.Li/c1-4-6-9-7-5-8(2)3;/h1,4-7H2,2-3H3;/q-1;+1. The van der Waals surface area contributed by atoms with E-state index in [0.29, 0.717) is 0 Å². The van der Waals surface area contributed by atoms with Crippen molar-refractivity contribution in [2.45, 2.75) is 6.42 Å². The van der Waals surface area contributed by atoms with Gasteiger partial charge in [-0.05, 0) is 14.1 Å². The Bertz CT molecular complexity index is 59.6. The van der Waals surface area contributed by atoms with Crippen molar-refractivity contribution in [1.82, 2.24) is 4.90 Å². The smallest absolute Gasteiger partial charge is 0.383 e. The van der Waals surface area contributed by atoms with Crippen molar-refractivity contribution in [2.75, 3.05) is 33.9 Å². The molecule has 0 heterocycles. The van der Waals surface area contributed by atoms with Gasteiger partial charge in [0.05, 0.1) is 6.61 Å². The number of rotatable bonds is 5. The summed E-state index contributed by atoms with van der Waals surface area (Å²) in [7, 11) is 4.07. The van der Waals surface area contributed by atoms with Crippen molar-refractivity contribution in [3.63, 3.8) is 0 Å². The Hall–Kier alpha value is 0.517. The summed E-state index contributed by atoms with van der Waals surface area (Å²) < 4.78 is 5.19. The summed E-state index contributed by atoms with van der Waals surface area (Å²) in [5.74, 6) is 0. The van der Waals surface area contributed by atoms with E-state index in [1.807, 2.05) is 14.1 Å². The Morgan fingerprint density at radius 2 is 1.90 bits per heavy atom. The monoisotopic (exact) mass is 137 g/mol. The minimum atomic E-state index is 0. The summed E-state index contributed by atoms with van der Waals surface area (Å²) in [4.78, 5) is 2.10. The third kappa shape index (κ3) is 11.3. The molecule has 0 saturated heterocycles. The molecule has 0 amide bonds. The number of nitrogens with zero attached hydrogens (tertiary/aromatic N) is 1. The maximum absolute atomic E-state index is 5.19. The van der Waals surface area contributed by atoms with Gasteiger partial charge < -0.3 is 16.6 Å². The van der Waals surface area contributed by atoms with Crippen LogP contribution in [-0.2, 0) is 4.74 Å². The zero-order valence-corrected chi connectivity index (χ0v) is 7.39. The molecule has 0 aromatic rings. The normalized spacial score (nSPS) is 9.60.